The fourth-order valence-corrected chi connectivity index (χ4v) is 0.927. The predicted molar refractivity (Wildman–Crippen MR) is 27.9 cm³/mol. The summed E-state index contributed by atoms with van der Waals surface area (Å²) in [7, 11) is 0. The van der Waals surface area contributed by atoms with Gasteiger partial charge in [-0.15, -0.1) is 0 Å². The summed E-state index contributed by atoms with van der Waals surface area (Å²) in [5.41, 5.74) is 0. The minimum absolute atomic E-state index is 0.115. The lowest BCUT2D eigenvalue weighted by atomic mass is 10.2. The van der Waals surface area contributed by atoms with Crippen LogP contribution in [-0.4, -0.2) is 12.4 Å². The Morgan fingerprint density at radius 3 is 2.88 bits per heavy atom. The molecule has 0 aliphatic carbocycles. The van der Waals surface area contributed by atoms with Gasteiger partial charge in [-0.1, -0.05) is 13.3 Å². The van der Waals surface area contributed by atoms with Gasteiger partial charge in [0.15, 0.2) is 6.10 Å². The topological polar surface area (TPSA) is 25.1 Å². The van der Waals surface area contributed by atoms with E-state index in [-0.39, 0.29) is 5.79 Å². The molecule has 2 aliphatic rings. The van der Waals surface area contributed by atoms with Crippen LogP contribution in [0.25, 0.3) is 0 Å². The first-order valence-electron chi connectivity index (χ1n) is 3.07. The maximum Gasteiger partial charge on any atom is 0.226 e. The number of ether oxygens (including phenoxy) is 2. The molecule has 45 valence electrons. The van der Waals surface area contributed by atoms with Crippen LogP contribution >= 0.6 is 0 Å². The summed E-state index contributed by atoms with van der Waals surface area (Å²) in [6.07, 6.45) is 3.42. The van der Waals surface area contributed by atoms with Crippen LogP contribution in [0.1, 0.15) is 19.8 Å². The maximum atomic E-state index is 5.15. The van der Waals surface area contributed by atoms with E-state index in [1.165, 1.54) is 12.5 Å². The smallest absolute Gasteiger partial charge is 0.226 e. The molecule has 2 saturated heterocycles. The molecule has 1 spiro atoms. The molecule has 0 aromatic rings. The molecule has 1 atom stereocenters. The third-order valence-corrected chi connectivity index (χ3v) is 1.55. The zero-order valence-electron chi connectivity index (χ0n) is 4.94. The van der Waals surface area contributed by atoms with Gasteiger partial charge in [0.1, 0.15) is 6.61 Å². The van der Waals surface area contributed by atoms with Crippen molar-refractivity contribution in [3.05, 3.63) is 6.10 Å². The first kappa shape index (κ1) is 4.77. The van der Waals surface area contributed by atoms with E-state index in [2.05, 4.69) is 6.92 Å². The van der Waals surface area contributed by atoms with Crippen LogP contribution in [0.15, 0.2) is 0 Å². The van der Waals surface area contributed by atoms with Gasteiger partial charge in [-0.05, 0) is 6.42 Å². The van der Waals surface area contributed by atoms with Crippen molar-refractivity contribution in [3.63, 3.8) is 0 Å². The molecule has 2 heteroatoms. The molecule has 2 fully saturated rings. The quantitative estimate of drug-likeness (QED) is 0.500. The SMILES string of the molecule is CCC[C]1OC12CO2. The normalized spacial score (nSPS) is 43.1. The van der Waals surface area contributed by atoms with Gasteiger partial charge in [0, 0.05) is 0 Å². The molecular formula is C6H9O2. The van der Waals surface area contributed by atoms with E-state index in [9.17, 15) is 0 Å². The van der Waals surface area contributed by atoms with Crippen LogP contribution < -0.4 is 0 Å². The predicted octanol–water partition coefficient (Wildman–Crippen LogP) is 1.08. The summed E-state index contributed by atoms with van der Waals surface area (Å²) in [4.78, 5) is 0. The van der Waals surface area contributed by atoms with Crippen molar-refractivity contribution in [1.29, 1.82) is 0 Å². The first-order chi connectivity index (χ1) is 3.87. The van der Waals surface area contributed by atoms with E-state index in [4.69, 9.17) is 9.47 Å². The highest BCUT2D eigenvalue weighted by Gasteiger charge is 2.69. The Bertz CT molecular complexity index is 107. The van der Waals surface area contributed by atoms with Gasteiger partial charge < -0.3 is 9.47 Å². The Kier molecular flexibility index (Phi) is 0.746. The minimum atomic E-state index is -0.115. The molecule has 0 amide bonds. The molecule has 0 bridgehead atoms. The largest absolute Gasteiger partial charge is 0.340 e. The molecule has 1 unspecified atom stereocenters. The van der Waals surface area contributed by atoms with Gasteiger partial charge in [-0.25, -0.2) is 0 Å². The third kappa shape index (κ3) is 0.501. The fourth-order valence-electron chi connectivity index (χ4n) is 0.927. The van der Waals surface area contributed by atoms with Gasteiger partial charge >= 0.3 is 0 Å². The number of hydrogen-bond acceptors (Lipinski definition) is 2. The van der Waals surface area contributed by atoms with Crippen LogP contribution in [0.5, 0.6) is 0 Å². The lowest BCUT2D eigenvalue weighted by Crippen LogP contribution is -1.84. The summed E-state index contributed by atoms with van der Waals surface area (Å²) in [6, 6.07) is 0. The molecule has 0 N–H and O–H groups in total. The number of epoxide rings is 2. The van der Waals surface area contributed by atoms with E-state index < -0.39 is 0 Å². The molecule has 0 aromatic carbocycles. The molecule has 2 heterocycles. The molecule has 2 rings (SSSR count). The summed E-state index contributed by atoms with van der Waals surface area (Å²) >= 11 is 0. The maximum absolute atomic E-state index is 5.15. The third-order valence-electron chi connectivity index (χ3n) is 1.55. The highest BCUT2D eigenvalue weighted by atomic mass is 16.9. The van der Waals surface area contributed by atoms with Crippen molar-refractivity contribution >= 4 is 0 Å². The van der Waals surface area contributed by atoms with Gasteiger partial charge in [0.2, 0.25) is 5.79 Å². The average molecular weight is 113 g/mol. The Labute approximate surface area is 48.8 Å². The van der Waals surface area contributed by atoms with Gasteiger partial charge in [0.05, 0.1) is 0 Å². The summed E-state index contributed by atoms with van der Waals surface area (Å²) < 4.78 is 10.2. The first-order valence-corrected chi connectivity index (χ1v) is 3.07. The van der Waals surface area contributed by atoms with Crippen molar-refractivity contribution in [2.24, 2.45) is 0 Å². The summed E-state index contributed by atoms with van der Waals surface area (Å²) in [6.45, 7) is 2.95. The Hall–Kier alpha value is -0.0800. The van der Waals surface area contributed by atoms with Crippen LogP contribution in [-0.2, 0) is 9.47 Å². The number of rotatable bonds is 2. The van der Waals surface area contributed by atoms with E-state index in [1.54, 1.807) is 0 Å². The zero-order chi connectivity index (χ0) is 5.61. The Morgan fingerprint density at radius 2 is 2.50 bits per heavy atom. The van der Waals surface area contributed by atoms with Gasteiger partial charge in [-0.3, -0.25) is 0 Å². The second-order valence-corrected chi connectivity index (χ2v) is 2.32. The second kappa shape index (κ2) is 1.25. The van der Waals surface area contributed by atoms with Crippen molar-refractivity contribution < 1.29 is 9.47 Å². The molecule has 8 heavy (non-hydrogen) atoms. The molecular weight excluding hydrogens is 104 g/mol. The molecule has 0 saturated carbocycles. The van der Waals surface area contributed by atoms with E-state index in [0.29, 0.717) is 0 Å². The molecule has 1 radical (unpaired) electrons. The number of hydrogen-bond donors (Lipinski definition) is 0. The lowest BCUT2D eigenvalue weighted by Gasteiger charge is -1.79. The van der Waals surface area contributed by atoms with Crippen LogP contribution in [0, 0.1) is 6.10 Å². The highest BCUT2D eigenvalue weighted by molar-refractivity contribution is 5.18. The highest BCUT2D eigenvalue weighted by Crippen LogP contribution is 2.56. The van der Waals surface area contributed by atoms with E-state index in [0.717, 1.165) is 13.0 Å². The van der Waals surface area contributed by atoms with Crippen molar-refractivity contribution in [2.75, 3.05) is 6.61 Å². The van der Waals surface area contributed by atoms with Crippen LogP contribution in [0.2, 0.25) is 0 Å². The lowest BCUT2D eigenvalue weighted by molar-refractivity contribution is 0.255. The monoisotopic (exact) mass is 113 g/mol. The van der Waals surface area contributed by atoms with Crippen LogP contribution in [0.3, 0.4) is 0 Å². The van der Waals surface area contributed by atoms with Crippen LogP contribution in [0.4, 0.5) is 0 Å². The Morgan fingerprint density at radius 1 is 1.75 bits per heavy atom. The molecule has 2 nitrogen and oxygen atoms in total. The van der Waals surface area contributed by atoms with Crippen molar-refractivity contribution in [1.82, 2.24) is 0 Å². The zero-order valence-corrected chi connectivity index (χ0v) is 4.94. The van der Waals surface area contributed by atoms with Gasteiger partial charge in [-0.2, -0.15) is 0 Å². The fraction of sp³-hybridized carbons (Fsp3) is 0.833. The van der Waals surface area contributed by atoms with Gasteiger partial charge in [0.25, 0.3) is 0 Å². The summed E-state index contributed by atoms with van der Waals surface area (Å²) in [5, 5.41) is 0. The Balaban J connectivity index is 1.80. The van der Waals surface area contributed by atoms with Crippen molar-refractivity contribution in [2.45, 2.75) is 25.6 Å². The molecule has 2 aliphatic heterocycles. The average Bonchev–Trinajstić information content (AvgIpc) is 2.57. The summed E-state index contributed by atoms with van der Waals surface area (Å²) in [5.74, 6) is -0.115. The van der Waals surface area contributed by atoms with E-state index >= 15 is 0 Å². The van der Waals surface area contributed by atoms with E-state index in [1.807, 2.05) is 0 Å². The standard InChI is InChI=1S/C6H9O2/c1-2-3-5-6(8-5)4-7-6/h2-4H2,1H3. The molecule has 0 aromatic heterocycles. The van der Waals surface area contributed by atoms with Crippen molar-refractivity contribution in [3.8, 4) is 0 Å². The second-order valence-electron chi connectivity index (χ2n) is 2.32. The minimum Gasteiger partial charge on any atom is -0.340 e.